The minimum Gasteiger partial charge on any atom is -0.486 e. The molecule has 128 valence electrons. The smallest absolute Gasteiger partial charge is 0.241 e. The number of amides is 1. The number of fused-ring (bicyclic) bond motifs is 1. The van der Waals surface area contributed by atoms with Gasteiger partial charge in [-0.1, -0.05) is 35.9 Å². The average molecular weight is 349 g/mol. The first-order chi connectivity index (χ1) is 11.1. The second-order valence-electron chi connectivity index (χ2n) is 5.58. The number of carbonyl (C=O) groups is 1. The summed E-state index contributed by atoms with van der Waals surface area (Å²) in [5.41, 5.74) is 8.89. The van der Waals surface area contributed by atoms with Crippen molar-refractivity contribution in [2.24, 2.45) is 5.73 Å². The molecule has 1 aliphatic rings. The Bertz CT molecular complexity index is 704. The van der Waals surface area contributed by atoms with Crippen LogP contribution in [-0.2, 0) is 11.3 Å². The summed E-state index contributed by atoms with van der Waals surface area (Å²) in [6.45, 7) is 3.50. The molecule has 3 rings (SSSR count). The summed E-state index contributed by atoms with van der Waals surface area (Å²) in [5, 5.41) is 2.86. The summed E-state index contributed by atoms with van der Waals surface area (Å²) in [6.07, 6.45) is 0. The lowest BCUT2D eigenvalue weighted by Gasteiger charge is -2.19. The maximum absolute atomic E-state index is 12.2. The van der Waals surface area contributed by atoms with Gasteiger partial charge in [-0.2, -0.15) is 0 Å². The number of aryl methyl sites for hydroxylation is 1. The van der Waals surface area contributed by atoms with E-state index >= 15 is 0 Å². The van der Waals surface area contributed by atoms with Gasteiger partial charge in [0.2, 0.25) is 5.91 Å². The molecular weight excluding hydrogens is 328 g/mol. The van der Waals surface area contributed by atoms with E-state index in [0.717, 1.165) is 22.4 Å². The minimum absolute atomic E-state index is 0. The second-order valence-corrected chi connectivity index (χ2v) is 5.58. The van der Waals surface area contributed by atoms with Gasteiger partial charge in [-0.25, -0.2) is 0 Å². The molecule has 2 aromatic carbocycles. The molecule has 1 heterocycles. The van der Waals surface area contributed by atoms with Crippen LogP contribution in [0.5, 0.6) is 11.5 Å². The van der Waals surface area contributed by atoms with Crippen LogP contribution in [0.3, 0.4) is 0 Å². The van der Waals surface area contributed by atoms with Crippen molar-refractivity contribution in [3.8, 4) is 11.5 Å². The zero-order chi connectivity index (χ0) is 16.2. The maximum Gasteiger partial charge on any atom is 0.241 e. The highest BCUT2D eigenvalue weighted by Gasteiger charge is 2.16. The molecule has 5 nitrogen and oxygen atoms in total. The van der Waals surface area contributed by atoms with Gasteiger partial charge in [0.05, 0.1) is 0 Å². The molecule has 0 fully saturated rings. The fourth-order valence-corrected chi connectivity index (χ4v) is 2.42. The van der Waals surface area contributed by atoms with Crippen molar-refractivity contribution >= 4 is 18.3 Å². The Morgan fingerprint density at radius 1 is 1.12 bits per heavy atom. The summed E-state index contributed by atoms with van der Waals surface area (Å²) in [4.78, 5) is 12.2. The predicted octanol–water partition coefficient (Wildman–Crippen LogP) is 2.50. The van der Waals surface area contributed by atoms with Crippen LogP contribution >= 0.6 is 12.4 Å². The minimum atomic E-state index is -0.673. The van der Waals surface area contributed by atoms with Crippen LogP contribution in [0.1, 0.15) is 22.7 Å². The molecule has 1 atom stereocenters. The van der Waals surface area contributed by atoms with Gasteiger partial charge in [0.25, 0.3) is 0 Å². The third-order valence-electron chi connectivity index (χ3n) is 3.79. The second kappa shape index (κ2) is 8.04. The van der Waals surface area contributed by atoms with E-state index in [9.17, 15) is 4.79 Å². The first kappa shape index (κ1) is 18.1. The molecule has 0 aliphatic carbocycles. The van der Waals surface area contributed by atoms with E-state index in [1.807, 2.05) is 49.4 Å². The SMILES string of the molecule is Cc1ccc(C(N)C(=O)NCc2ccc3c(c2)OCCO3)cc1.Cl. The lowest BCUT2D eigenvalue weighted by Crippen LogP contribution is -2.33. The van der Waals surface area contributed by atoms with E-state index in [1.165, 1.54) is 0 Å². The van der Waals surface area contributed by atoms with Crippen molar-refractivity contribution in [1.29, 1.82) is 0 Å². The van der Waals surface area contributed by atoms with E-state index < -0.39 is 6.04 Å². The molecule has 0 bridgehead atoms. The molecule has 2 aromatic rings. The number of nitrogens with two attached hydrogens (primary N) is 1. The van der Waals surface area contributed by atoms with Crippen LogP contribution < -0.4 is 20.5 Å². The van der Waals surface area contributed by atoms with E-state index in [4.69, 9.17) is 15.2 Å². The summed E-state index contributed by atoms with van der Waals surface area (Å²) in [7, 11) is 0. The van der Waals surface area contributed by atoms with Gasteiger partial charge in [0, 0.05) is 6.54 Å². The molecule has 0 radical (unpaired) electrons. The predicted molar refractivity (Wildman–Crippen MR) is 94.6 cm³/mol. The molecule has 24 heavy (non-hydrogen) atoms. The normalized spacial score (nSPS) is 13.6. The fourth-order valence-electron chi connectivity index (χ4n) is 2.42. The third-order valence-corrected chi connectivity index (χ3v) is 3.79. The molecule has 0 aromatic heterocycles. The van der Waals surface area contributed by atoms with Crippen LogP contribution in [0.2, 0.25) is 0 Å². The average Bonchev–Trinajstić information content (AvgIpc) is 2.59. The highest BCUT2D eigenvalue weighted by atomic mass is 35.5. The number of rotatable bonds is 4. The summed E-state index contributed by atoms with van der Waals surface area (Å²) in [5.74, 6) is 1.25. The topological polar surface area (TPSA) is 73.6 Å². The molecular formula is C18H21ClN2O3. The number of hydrogen-bond acceptors (Lipinski definition) is 4. The van der Waals surface area contributed by atoms with Crippen molar-refractivity contribution in [2.45, 2.75) is 19.5 Å². The van der Waals surface area contributed by atoms with Crippen molar-refractivity contribution < 1.29 is 14.3 Å². The lowest BCUT2D eigenvalue weighted by atomic mass is 10.1. The molecule has 1 unspecified atom stereocenters. The van der Waals surface area contributed by atoms with E-state index in [2.05, 4.69) is 5.32 Å². The number of hydrogen-bond donors (Lipinski definition) is 2. The molecule has 0 saturated carbocycles. The van der Waals surface area contributed by atoms with Crippen LogP contribution in [0, 0.1) is 6.92 Å². The fraction of sp³-hybridized carbons (Fsp3) is 0.278. The van der Waals surface area contributed by atoms with Crippen LogP contribution in [0.4, 0.5) is 0 Å². The van der Waals surface area contributed by atoms with Gasteiger partial charge in [-0.05, 0) is 30.2 Å². The van der Waals surface area contributed by atoms with E-state index in [1.54, 1.807) is 0 Å². The van der Waals surface area contributed by atoms with Crippen LogP contribution in [0.25, 0.3) is 0 Å². The Hall–Kier alpha value is -2.24. The van der Waals surface area contributed by atoms with Crippen molar-refractivity contribution in [1.82, 2.24) is 5.32 Å². The standard InChI is InChI=1S/C18H20N2O3.ClH/c1-12-2-5-14(6-3-12)17(19)18(21)20-11-13-4-7-15-16(10-13)23-9-8-22-15;/h2-7,10,17H,8-9,11,19H2,1H3,(H,20,21);1H. The Morgan fingerprint density at radius 2 is 1.79 bits per heavy atom. The molecule has 6 heteroatoms. The van der Waals surface area contributed by atoms with Crippen LogP contribution in [-0.4, -0.2) is 19.1 Å². The summed E-state index contributed by atoms with van der Waals surface area (Å²) < 4.78 is 11.0. The summed E-state index contributed by atoms with van der Waals surface area (Å²) in [6, 6.07) is 12.6. The highest BCUT2D eigenvalue weighted by Crippen LogP contribution is 2.30. The van der Waals surface area contributed by atoms with Crippen molar-refractivity contribution in [2.75, 3.05) is 13.2 Å². The largest absolute Gasteiger partial charge is 0.486 e. The Morgan fingerprint density at radius 3 is 2.50 bits per heavy atom. The number of benzene rings is 2. The quantitative estimate of drug-likeness (QED) is 0.890. The van der Waals surface area contributed by atoms with Crippen molar-refractivity contribution in [3.63, 3.8) is 0 Å². The zero-order valence-electron chi connectivity index (χ0n) is 13.5. The van der Waals surface area contributed by atoms with Crippen LogP contribution in [0.15, 0.2) is 42.5 Å². The molecule has 0 saturated heterocycles. The third kappa shape index (κ3) is 4.19. The first-order valence-corrected chi connectivity index (χ1v) is 7.62. The van der Waals surface area contributed by atoms with Gasteiger partial charge in [0.1, 0.15) is 19.3 Å². The van der Waals surface area contributed by atoms with Gasteiger partial charge in [-0.15, -0.1) is 12.4 Å². The summed E-state index contributed by atoms with van der Waals surface area (Å²) >= 11 is 0. The molecule has 3 N–H and O–H groups in total. The molecule has 0 spiro atoms. The van der Waals surface area contributed by atoms with E-state index in [-0.39, 0.29) is 18.3 Å². The number of carbonyl (C=O) groups excluding carboxylic acids is 1. The highest BCUT2D eigenvalue weighted by molar-refractivity contribution is 5.85. The zero-order valence-corrected chi connectivity index (χ0v) is 14.3. The number of ether oxygens (including phenoxy) is 2. The molecule has 1 amide bonds. The Labute approximate surface area is 147 Å². The first-order valence-electron chi connectivity index (χ1n) is 7.62. The Kier molecular flexibility index (Phi) is 6.06. The van der Waals surface area contributed by atoms with Gasteiger partial charge in [-0.3, -0.25) is 4.79 Å². The maximum atomic E-state index is 12.2. The monoisotopic (exact) mass is 348 g/mol. The molecule has 1 aliphatic heterocycles. The number of halogens is 1. The van der Waals surface area contributed by atoms with Gasteiger partial charge >= 0.3 is 0 Å². The Balaban J connectivity index is 0.00000208. The number of nitrogens with one attached hydrogen (secondary N) is 1. The van der Waals surface area contributed by atoms with Crippen molar-refractivity contribution in [3.05, 3.63) is 59.2 Å². The van der Waals surface area contributed by atoms with E-state index in [0.29, 0.717) is 25.5 Å². The van der Waals surface area contributed by atoms with Gasteiger partial charge in [0.15, 0.2) is 11.5 Å². The van der Waals surface area contributed by atoms with Gasteiger partial charge < -0.3 is 20.5 Å². The lowest BCUT2D eigenvalue weighted by molar-refractivity contribution is -0.122.